The van der Waals surface area contributed by atoms with Crippen LogP contribution in [-0.2, 0) is 9.84 Å². The molecule has 5 heteroatoms. The van der Waals surface area contributed by atoms with E-state index in [0.717, 1.165) is 39.2 Å². The highest BCUT2D eigenvalue weighted by atomic mass is 32.2. The van der Waals surface area contributed by atoms with Crippen LogP contribution < -0.4 is 0 Å². The number of allylic oxidation sites excluding steroid dienone is 7. The third-order valence-corrected chi connectivity index (χ3v) is 9.94. The summed E-state index contributed by atoms with van der Waals surface area (Å²) in [5, 5.41) is 0.922. The smallest absolute Gasteiger partial charge is 0.203 e. The maximum Gasteiger partial charge on any atom is 0.203 e. The van der Waals surface area contributed by atoms with Crippen LogP contribution in [0, 0.1) is 6.92 Å². The topological polar surface area (TPSA) is 47.3 Å². The lowest BCUT2D eigenvalue weighted by molar-refractivity contribution is 0.612. The van der Waals surface area contributed by atoms with E-state index in [9.17, 15) is 8.42 Å². The van der Waals surface area contributed by atoms with E-state index in [-0.39, 0.29) is 0 Å². The standard InChI is InChI=1S/C30H24O3S2/c1-19-24(17-27(34-19)21-11-5-3-6-12-21)30-29(23-15-9-10-16-26(23)33-30)25-18-28(35(31,32)20(25)2)22-13-7-4-8-14-22/h3-11,13-18,21H,12H2,1-2H3. The molecule has 1 atom stereocenters. The van der Waals surface area contributed by atoms with Crippen LogP contribution in [0.2, 0.25) is 0 Å². The maximum absolute atomic E-state index is 13.5. The summed E-state index contributed by atoms with van der Waals surface area (Å²) in [6.45, 7) is 3.81. The number of rotatable bonds is 4. The number of sulfone groups is 1. The summed E-state index contributed by atoms with van der Waals surface area (Å²) >= 11 is 1.78. The molecule has 0 saturated carbocycles. The first kappa shape index (κ1) is 22.1. The first-order chi connectivity index (χ1) is 16.9. The van der Waals surface area contributed by atoms with Crippen LogP contribution >= 0.6 is 11.3 Å². The first-order valence-corrected chi connectivity index (χ1v) is 13.9. The van der Waals surface area contributed by atoms with Crippen molar-refractivity contribution in [1.82, 2.24) is 0 Å². The van der Waals surface area contributed by atoms with Gasteiger partial charge in [-0.25, -0.2) is 8.42 Å². The monoisotopic (exact) mass is 496 g/mol. The van der Waals surface area contributed by atoms with Gasteiger partial charge in [0.25, 0.3) is 0 Å². The van der Waals surface area contributed by atoms with E-state index in [4.69, 9.17) is 4.42 Å². The fraction of sp³-hybridized carbons (Fsp3) is 0.133. The third-order valence-electron chi connectivity index (χ3n) is 6.80. The van der Waals surface area contributed by atoms with Gasteiger partial charge in [0.2, 0.25) is 9.84 Å². The quantitative estimate of drug-likeness (QED) is 0.286. The summed E-state index contributed by atoms with van der Waals surface area (Å²) in [6.07, 6.45) is 11.4. The Morgan fingerprint density at radius 1 is 0.971 bits per heavy atom. The normalized spacial score (nSPS) is 19.0. The molecular formula is C30H24O3S2. The van der Waals surface area contributed by atoms with E-state index in [2.05, 4.69) is 37.3 Å². The number of thiophene rings is 1. The average Bonchev–Trinajstić information content (AvgIpc) is 3.52. The van der Waals surface area contributed by atoms with Crippen molar-refractivity contribution in [1.29, 1.82) is 0 Å². The Balaban J connectivity index is 1.58. The lowest BCUT2D eigenvalue weighted by Crippen LogP contribution is -2.00. The zero-order valence-electron chi connectivity index (χ0n) is 19.5. The Labute approximate surface area is 209 Å². The number of para-hydroxylation sites is 1. The number of hydrogen-bond donors (Lipinski definition) is 0. The van der Waals surface area contributed by atoms with Crippen molar-refractivity contribution in [3.8, 4) is 11.3 Å². The summed E-state index contributed by atoms with van der Waals surface area (Å²) in [4.78, 5) is 3.14. The molecule has 0 N–H and O–H groups in total. The van der Waals surface area contributed by atoms with Crippen molar-refractivity contribution in [2.45, 2.75) is 26.2 Å². The summed E-state index contributed by atoms with van der Waals surface area (Å²) in [5.41, 5.74) is 4.03. The molecule has 174 valence electrons. The fourth-order valence-electron chi connectivity index (χ4n) is 4.92. The van der Waals surface area contributed by atoms with E-state index < -0.39 is 9.84 Å². The molecule has 6 rings (SSSR count). The predicted octanol–water partition coefficient (Wildman–Crippen LogP) is 8.27. The van der Waals surface area contributed by atoms with Gasteiger partial charge >= 0.3 is 0 Å². The Morgan fingerprint density at radius 2 is 1.74 bits per heavy atom. The number of furan rings is 1. The number of hydrogen-bond acceptors (Lipinski definition) is 4. The van der Waals surface area contributed by atoms with Gasteiger partial charge in [0.05, 0.1) is 9.81 Å². The van der Waals surface area contributed by atoms with Gasteiger partial charge in [0, 0.05) is 37.8 Å². The summed E-state index contributed by atoms with van der Waals surface area (Å²) in [7, 11) is -3.60. The largest absolute Gasteiger partial charge is 0.455 e. The van der Waals surface area contributed by atoms with Crippen LogP contribution in [0.3, 0.4) is 0 Å². The molecule has 0 fully saturated rings. The van der Waals surface area contributed by atoms with Crippen LogP contribution in [0.5, 0.6) is 0 Å². The maximum atomic E-state index is 13.5. The Kier molecular flexibility index (Phi) is 5.28. The van der Waals surface area contributed by atoms with Crippen molar-refractivity contribution < 1.29 is 12.8 Å². The molecule has 0 bridgehead atoms. The van der Waals surface area contributed by atoms with Gasteiger partial charge in [0.15, 0.2) is 0 Å². The van der Waals surface area contributed by atoms with E-state index in [1.54, 1.807) is 18.3 Å². The highest BCUT2D eigenvalue weighted by Crippen LogP contribution is 2.48. The second-order valence-electron chi connectivity index (χ2n) is 8.92. The molecule has 1 aliphatic carbocycles. The van der Waals surface area contributed by atoms with Crippen molar-refractivity contribution in [2.75, 3.05) is 0 Å². The SMILES string of the molecule is CC1=C(c2c(-c3cc(C4C=CC=CC4)sc3C)oc3ccccc23)C=C(c2ccccc2)S1(=O)=O. The molecule has 1 aliphatic heterocycles. The molecule has 2 aliphatic rings. The van der Waals surface area contributed by atoms with Gasteiger partial charge in [0.1, 0.15) is 11.3 Å². The third kappa shape index (κ3) is 3.58. The van der Waals surface area contributed by atoms with E-state index in [0.29, 0.717) is 26.9 Å². The lowest BCUT2D eigenvalue weighted by Gasteiger charge is -2.09. The number of fused-ring (bicyclic) bond motifs is 1. The molecule has 0 radical (unpaired) electrons. The molecule has 35 heavy (non-hydrogen) atoms. The number of benzene rings is 2. The molecule has 0 saturated heterocycles. The summed E-state index contributed by atoms with van der Waals surface area (Å²) in [6, 6.07) is 19.4. The van der Waals surface area contributed by atoms with Crippen LogP contribution in [0.1, 0.15) is 40.1 Å². The summed E-state index contributed by atoms with van der Waals surface area (Å²) < 4.78 is 33.4. The van der Waals surface area contributed by atoms with Gasteiger partial charge in [-0.2, -0.15) is 0 Å². The van der Waals surface area contributed by atoms with Crippen LogP contribution in [0.25, 0.3) is 32.8 Å². The van der Waals surface area contributed by atoms with Crippen LogP contribution in [0.15, 0.2) is 100 Å². The minimum absolute atomic E-state index is 0.337. The Bertz CT molecular complexity index is 1690. The minimum Gasteiger partial charge on any atom is -0.455 e. The van der Waals surface area contributed by atoms with Gasteiger partial charge in [-0.15, -0.1) is 11.3 Å². The lowest BCUT2D eigenvalue weighted by atomic mass is 9.95. The molecule has 3 heterocycles. The van der Waals surface area contributed by atoms with Crippen molar-refractivity contribution in [3.63, 3.8) is 0 Å². The molecule has 3 nitrogen and oxygen atoms in total. The Hall–Kier alpha value is -3.41. The summed E-state index contributed by atoms with van der Waals surface area (Å²) in [5.74, 6) is 1.08. The second-order valence-corrected chi connectivity index (χ2v) is 12.3. The first-order valence-electron chi connectivity index (χ1n) is 11.6. The predicted molar refractivity (Wildman–Crippen MR) is 146 cm³/mol. The van der Waals surface area contributed by atoms with Gasteiger partial charge in [-0.3, -0.25) is 0 Å². The highest BCUT2D eigenvalue weighted by molar-refractivity contribution is 8.04. The average molecular weight is 497 g/mol. The zero-order chi connectivity index (χ0) is 24.2. The van der Waals surface area contributed by atoms with E-state index >= 15 is 0 Å². The van der Waals surface area contributed by atoms with Crippen LogP contribution in [-0.4, -0.2) is 8.42 Å². The molecule has 1 unspecified atom stereocenters. The van der Waals surface area contributed by atoms with E-state index in [1.165, 1.54) is 4.88 Å². The highest BCUT2D eigenvalue weighted by Gasteiger charge is 2.34. The second kappa shape index (κ2) is 8.36. The molecule has 0 spiro atoms. The molecule has 2 aromatic carbocycles. The fourth-order valence-corrected chi connectivity index (χ4v) is 7.53. The molecule has 2 aromatic heterocycles. The molecular weight excluding hydrogens is 472 g/mol. The van der Waals surface area contributed by atoms with Crippen molar-refractivity contribution >= 4 is 42.6 Å². The Morgan fingerprint density at radius 3 is 2.51 bits per heavy atom. The zero-order valence-corrected chi connectivity index (χ0v) is 21.1. The molecule has 0 amide bonds. The van der Waals surface area contributed by atoms with Gasteiger partial charge < -0.3 is 4.42 Å². The van der Waals surface area contributed by atoms with Gasteiger partial charge in [-0.1, -0.05) is 72.8 Å². The van der Waals surface area contributed by atoms with Crippen molar-refractivity contribution in [2.24, 2.45) is 0 Å². The van der Waals surface area contributed by atoms with Crippen molar-refractivity contribution in [3.05, 3.63) is 117 Å². The molecule has 4 aromatic rings. The number of aryl methyl sites for hydroxylation is 1. The minimum atomic E-state index is -3.60. The van der Waals surface area contributed by atoms with Crippen LogP contribution in [0.4, 0.5) is 0 Å². The van der Waals surface area contributed by atoms with Gasteiger partial charge in [-0.05, 0) is 44.0 Å². The van der Waals surface area contributed by atoms with E-state index in [1.807, 2.05) is 60.7 Å².